The molecule has 1 heterocycles. The Balaban J connectivity index is 1.92. The molecule has 0 saturated heterocycles. The van der Waals surface area contributed by atoms with Gasteiger partial charge in [0.25, 0.3) is 0 Å². The molecule has 1 aromatic heterocycles. The maximum Gasteiger partial charge on any atom is 0.131 e. The SMILES string of the molecule is CC(CCN)Nc1cc(NC2CC2)ncn1. The van der Waals surface area contributed by atoms with E-state index in [4.69, 9.17) is 5.73 Å². The van der Waals surface area contributed by atoms with Gasteiger partial charge >= 0.3 is 0 Å². The molecule has 4 N–H and O–H groups in total. The Morgan fingerprint density at radius 2 is 2.19 bits per heavy atom. The largest absolute Gasteiger partial charge is 0.367 e. The van der Waals surface area contributed by atoms with Crippen LogP contribution in [0.25, 0.3) is 0 Å². The van der Waals surface area contributed by atoms with Crippen molar-refractivity contribution in [1.82, 2.24) is 9.97 Å². The maximum absolute atomic E-state index is 5.50. The van der Waals surface area contributed by atoms with Gasteiger partial charge in [0.1, 0.15) is 18.0 Å². The molecule has 0 spiro atoms. The van der Waals surface area contributed by atoms with Crippen molar-refractivity contribution in [1.29, 1.82) is 0 Å². The van der Waals surface area contributed by atoms with Crippen LogP contribution >= 0.6 is 0 Å². The van der Waals surface area contributed by atoms with Gasteiger partial charge in [-0.1, -0.05) is 0 Å². The van der Waals surface area contributed by atoms with Gasteiger partial charge in [-0.05, 0) is 32.7 Å². The van der Waals surface area contributed by atoms with Gasteiger partial charge in [0.05, 0.1) is 0 Å². The third kappa shape index (κ3) is 3.34. The fraction of sp³-hybridized carbons (Fsp3) is 0.636. The van der Waals surface area contributed by atoms with Gasteiger partial charge in [0.15, 0.2) is 0 Å². The van der Waals surface area contributed by atoms with Crippen LogP contribution in [0.4, 0.5) is 11.6 Å². The van der Waals surface area contributed by atoms with E-state index in [-0.39, 0.29) is 0 Å². The summed E-state index contributed by atoms with van der Waals surface area (Å²) in [4.78, 5) is 8.37. The van der Waals surface area contributed by atoms with Crippen molar-refractivity contribution in [3.8, 4) is 0 Å². The highest BCUT2D eigenvalue weighted by molar-refractivity contribution is 5.47. The lowest BCUT2D eigenvalue weighted by atomic mass is 10.2. The van der Waals surface area contributed by atoms with E-state index in [2.05, 4.69) is 27.5 Å². The van der Waals surface area contributed by atoms with Gasteiger partial charge in [-0.15, -0.1) is 0 Å². The minimum Gasteiger partial charge on any atom is -0.367 e. The molecule has 1 saturated carbocycles. The van der Waals surface area contributed by atoms with Crippen molar-refractivity contribution >= 4 is 11.6 Å². The van der Waals surface area contributed by atoms with E-state index in [1.165, 1.54) is 12.8 Å². The lowest BCUT2D eigenvalue weighted by molar-refractivity contribution is 0.713. The van der Waals surface area contributed by atoms with Crippen molar-refractivity contribution in [3.05, 3.63) is 12.4 Å². The van der Waals surface area contributed by atoms with Gasteiger partial charge < -0.3 is 16.4 Å². The highest BCUT2D eigenvalue weighted by Gasteiger charge is 2.21. The van der Waals surface area contributed by atoms with Crippen LogP contribution in [0.1, 0.15) is 26.2 Å². The molecular weight excluding hydrogens is 202 g/mol. The van der Waals surface area contributed by atoms with Crippen LogP contribution in [0.5, 0.6) is 0 Å². The van der Waals surface area contributed by atoms with E-state index in [0.29, 0.717) is 18.6 Å². The van der Waals surface area contributed by atoms with Crippen LogP contribution in [0, 0.1) is 0 Å². The van der Waals surface area contributed by atoms with Crippen LogP contribution < -0.4 is 16.4 Å². The summed E-state index contributed by atoms with van der Waals surface area (Å²) in [6, 6.07) is 2.91. The average molecular weight is 221 g/mol. The van der Waals surface area contributed by atoms with Crippen molar-refractivity contribution < 1.29 is 0 Å². The van der Waals surface area contributed by atoms with Crippen LogP contribution in [-0.2, 0) is 0 Å². The number of anilines is 2. The summed E-state index contributed by atoms with van der Waals surface area (Å²) < 4.78 is 0. The molecule has 2 rings (SSSR count). The molecule has 0 aliphatic heterocycles. The summed E-state index contributed by atoms with van der Waals surface area (Å²) in [7, 11) is 0. The van der Waals surface area contributed by atoms with Crippen molar-refractivity contribution in [2.75, 3.05) is 17.2 Å². The first-order chi connectivity index (χ1) is 7.78. The van der Waals surface area contributed by atoms with Crippen molar-refractivity contribution in [2.24, 2.45) is 5.73 Å². The van der Waals surface area contributed by atoms with Gasteiger partial charge in [0, 0.05) is 18.2 Å². The topological polar surface area (TPSA) is 75.9 Å². The summed E-state index contributed by atoms with van der Waals surface area (Å²) >= 11 is 0. The van der Waals surface area contributed by atoms with Crippen molar-refractivity contribution in [2.45, 2.75) is 38.3 Å². The zero-order valence-corrected chi connectivity index (χ0v) is 9.61. The lowest BCUT2D eigenvalue weighted by Gasteiger charge is -2.13. The second-order valence-electron chi connectivity index (χ2n) is 4.33. The molecule has 0 amide bonds. The van der Waals surface area contributed by atoms with E-state index >= 15 is 0 Å². The first kappa shape index (κ1) is 11.1. The summed E-state index contributed by atoms with van der Waals surface area (Å²) in [6.45, 7) is 2.79. The number of hydrogen-bond acceptors (Lipinski definition) is 5. The predicted octanol–water partition coefficient (Wildman–Crippen LogP) is 1.20. The van der Waals surface area contributed by atoms with Crippen LogP contribution in [0.2, 0.25) is 0 Å². The third-order valence-electron chi connectivity index (χ3n) is 2.59. The molecule has 5 heteroatoms. The molecular formula is C11H19N5. The normalized spacial score (nSPS) is 16.9. The Labute approximate surface area is 95.9 Å². The molecule has 1 fully saturated rings. The molecule has 5 nitrogen and oxygen atoms in total. The molecule has 1 aromatic rings. The minimum absolute atomic E-state index is 0.341. The average Bonchev–Trinajstić information content (AvgIpc) is 3.02. The van der Waals surface area contributed by atoms with Crippen LogP contribution in [0.3, 0.4) is 0 Å². The molecule has 16 heavy (non-hydrogen) atoms. The standard InChI is InChI=1S/C11H19N5/c1-8(4-5-12)15-10-6-11(14-7-13-10)16-9-2-3-9/h6-9H,2-5,12H2,1H3,(H2,13,14,15,16). The highest BCUT2D eigenvalue weighted by Crippen LogP contribution is 2.24. The number of aromatic nitrogens is 2. The Morgan fingerprint density at radius 3 is 2.88 bits per heavy atom. The van der Waals surface area contributed by atoms with E-state index < -0.39 is 0 Å². The monoisotopic (exact) mass is 221 g/mol. The van der Waals surface area contributed by atoms with Crippen molar-refractivity contribution in [3.63, 3.8) is 0 Å². The number of hydrogen-bond donors (Lipinski definition) is 3. The maximum atomic E-state index is 5.50. The Kier molecular flexibility index (Phi) is 3.56. The van der Waals surface area contributed by atoms with Crippen LogP contribution in [-0.4, -0.2) is 28.6 Å². The molecule has 1 unspecified atom stereocenters. The zero-order valence-electron chi connectivity index (χ0n) is 9.61. The minimum atomic E-state index is 0.341. The van der Waals surface area contributed by atoms with Gasteiger partial charge in [-0.25, -0.2) is 9.97 Å². The molecule has 1 aliphatic rings. The number of nitrogens with two attached hydrogens (primary N) is 1. The molecule has 0 bridgehead atoms. The first-order valence-electron chi connectivity index (χ1n) is 5.83. The fourth-order valence-corrected chi connectivity index (χ4v) is 1.53. The Morgan fingerprint density at radius 1 is 1.44 bits per heavy atom. The fourth-order valence-electron chi connectivity index (χ4n) is 1.53. The quantitative estimate of drug-likeness (QED) is 0.673. The second-order valence-corrected chi connectivity index (χ2v) is 4.33. The molecule has 88 valence electrons. The summed E-state index contributed by atoms with van der Waals surface area (Å²) in [5.74, 6) is 1.76. The second kappa shape index (κ2) is 5.12. The summed E-state index contributed by atoms with van der Waals surface area (Å²) in [5.41, 5.74) is 5.50. The number of rotatable bonds is 6. The Hall–Kier alpha value is -1.36. The van der Waals surface area contributed by atoms with Crippen LogP contribution in [0.15, 0.2) is 12.4 Å². The molecule has 0 aromatic carbocycles. The summed E-state index contributed by atoms with van der Waals surface area (Å²) in [5, 5.41) is 6.65. The zero-order chi connectivity index (χ0) is 11.4. The predicted molar refractivity (Wildman–Crippen MR) is 65.4 cm³/mol. The van der Waals surface area contributed by atoms with Gasteiger partial charge in [-0.3, -0.25) is 0 Å². The molecule has 0 radical (unpaired) electrons. The molecule has 1 aliphatic carbocycles. The smallest absolute Gasteiger partial charge is 0.131 e. The van der Waals surface area contributed by atoms with Gasteiger partial charge in [0.2, 0.25) is 0 Å². The lowest BCUT2D eigenvalue weighted by Crippen LogP contribution is -2.20. The third-order valence-corrected chi connectivity index (χ3v) is 2.59. The van der Waals surface area contributed by atoms with E-state index in [1.54, 1.807) is 6.33 Å². The van der Waals surface area contributed by atoms with E-state index in [1.807, 2.05) is 6.07 Å². The Bertz CT molecular complexity index is 337. The molecule has 1 atom stereocenters. The van der Waals surface area contributed by atoms with E-state index in [0.717, 1.165) is 18.1 Å². The number of nitrogens with zero attached hydrogens (tertiary/aromatic N) is 2. The highest BCUT2D eigenvalue weighted by atomic mass is 15.1. The summed E-state index contributed by atoms with van der Waals surface area (Å²) in [6.07, 6.45) is 5.02. The first-order valence-corrected chi connectivity index (χ1v) is 5.83. The number of nitrogens with one attached hydrogen (secondary N) is 2. The van der Waals surface area contributed by atoms with Gasteiger partial charge in [-0.2, -0.15) is 0 Å². The van der Waals surface area contributed by atoms with E-state index in [9.17, 15) is 0 Å².